The van der Waals surface area contributed by atoms with E-state index in [9.17, 15) is 4.79 Å². The number of benzene rings is 1. The standard InChI is InChI=1S/C25H35N5O/c31-25(26-15-20-9-5-2-6-10-20)24-18-29-12-11-21(24)14-23(29)17-30-16-22(27-28-30)13-19-7-3-1-4-8-19/h2,5-6,9-10,16,19,21,23-24H,1,3-4,7-8,11-15,17-18H2,(H,26,31)/t21-,23-,24+/m1/s1. The largest absolute Gasteiger partial charge is 0.352 e. The zero-order chi connectivity index (χ0) is 21.0. The first kappa shape index (κ1) is 20.7. The van der Waals surface area contributed by atoms with Crippen LogP contribution in [0.3, 0.4) is 0 Å². The summed E-state index contributed by atoms with van der Waals surface area (Å²) in [5, 5.41) is 12.1. The van der Waals surface area contributed by atoms with Crippen LogP contribution in [-0.2, 0) is 24.3 Å². The van der Waals surface area contributed by atoms with E-state index in [1.807, 2.05) is 22.9 Å². The smallest absolute Gasteiger partial charge is 0.224 e. The van der Waals surface area contributed by atoms with Crippen LogP contribution in [0.25, 0.3) is 0 Å². The second-order valence-corrected chi connectivity index (χ2v) is 9.88. The molecule has 6 nitrogen and oxygen atoms in total. The molecule has 1 unspecified atom stereocenters. The summed E-state index contributed by atoms with van der Waals surface area (Å²) in [5.74, 6) is 1.61. The Balaban J connectivity index is 1.13. The maximum atomic E-state index is 12.9. The van der Waals surface area contributed by atoms with Gasteiger partial charge in [0.25, 0.3) is 0 Å². The monoisotopic (exact) mass is 421 g/mol. The molecule has 1 N–H and O–H groups in total. The Bertz CT molecular complexity index is 860. The lowest BCUT2D eigenvalue weighted by atomic mass is 9.75. The van der Waals surface area contributed by atoms with Crippen molar-refractivity contribution >= 4 is 5.91 Å². The first-order chi connectivity index (χ1) is 15.2. The lowest BCUT2D eigenvalue weighted by molar-refractivity contribution is -0.133. The number of piperidine rings is 3. The van der Waals surface area contributed by atoms with E-state index in [2.05, 4.69) is 38.9 Å². The molecule has 1 aliphatic carbocycles. The molecule has 2 bridgehead atoms. The summed E-state index contributed by atoms with van der Waals surface area (Å²) in [4.78, 5) is 15.4. The summed E-state index contributed by atoms with van der Waals surface area (Å²) in [7, 11) is 0. The van der Waals surface area contributed by atoms with Crippen LogP contribution in [0, 0.1) is 17.8 Å². The molecule has 4 atom stereocenters. The Morgan fingerprint density at radius 1 is 1.10 bits per heavy atom. The fourth-order valence-corrected chi connectivity index (χ4v) is 5.97. The molecular weight excluding hydrogens is 386 g/mol. The van der Waals surface area contributed by atoms with Crippen molar-refractivity contribution < 1.29 is 4.79 Å². The predicted octanol–water partition coefficient (Wildman–Crippen LogP) is 3.43. The van der Waals surface area contributed by atoms with E-state index in [4.69, 9.17) is 0 Å². The Kier molecular flexibility index (Phi) is 6.35. The van der Waals surface area contributed by atoms with E-state index in [-0.39, 0.29) is 11.8 Å². The quantitative estimate of drug-likeness (QED) is 0.744. The number of nitrogens with zero attached hydrogens (tertiary/aromatic N) is 4. The third kappa shape index (κ3) is 5.00. The van der Waals surface area contributed by atoms with Crippen LogP contribution < -0.4 is 5.32 Å². The Hall–Kier alpha value is -2.21. The van der Waals surface area contributed by atoms with Gasteiger partial charge in [-0.25, -0.2) is 0 Å². The number of hydrogen-bond acceptors (Lipinski definition) is 4. The average Bonchev–Trinajstić information content (AvgIpc) is 3.26. The van der Waals surface area contributed by atoms with Gasteiger partial charge in [0.15, 0.2) is 0 Å². The van der Waals surface area contributed by atoms with Crippen molar-refractivity contribution in [1.29, 1.82) is 0 Å². The molecule has 166 valence electrons. The number of nitrogens with one attached hydrogen (secondary N) is 1. The fraction of sp³-hybridized carbons (Fsp3) is 0.640. The number of fused-ring (bicyclic) bond motifs is 3. The topological polar surface area (TPSA) is 63.1 Å². The highest BCUT2D eigenvalue weighted by molar-refractivity contribution is 5.79. The highest BCUT2D eigenvalue weighted by Gasteiger charge is 2.43. The molecule has 0 spiro atoms. The van der Waals surface area contributed by atoms with E-state index in [0.29, 0.717) is 18.5 Å². The van der Waals surface area contributed by atoms with Crippen LogP contribution in [0.4, 0.5) is 0 Å². The molecule has 1 saturated carbocycles. The molecule has 3 aliphatic heterocycles. The number of carbonyl (C=O) groups is 1. The number of carbonyl (C=O) groups excluding carboxylic acids is 1. The normalized spacial score (nSPS) is 28.5. The molecule has 2 aromatic rings. The second kappa shape index (κ2) is 9.51. The van der Waals surface area contributed by atoms with Crippen LogP contribution in [0.5, 0.6) is 0 Å². The van der Waals surface area contributed by atoms with E-state index >= 15 is 0 Å². The van der Waals surface area contributed by atoms with Gasteiger partial charge in [-0.2, -0.15) is 0 Å². The molecule has 31 heavy (non-hydrogen) atoms. The maximum Gasteiger partial charge on any atom is 0.224 e. The Morgan fingerprint density at radius 2 is 1.94 bits per heavy atom. The van der Waals surface area contributed by atoms with Crippen molar-refractivity contribution in [2.45, 2.75) is 70.5 Å². The van der Waals surface area contributed by atoms with Gasteiger partial charge in [0, 0.05) is 25.3 Å². The van der Waals surface area contributed by atoms with Crippen LogP contribution in [0.1, 0.15) is 56.2 Å². The van der Waals surface area contributed by atoms with Crippen molar-refractivity contribution in [2.24, 2.45) is 17.8 Å². The van der Waals surface area contributed by atoms with Crippen molar-refractivity contribution in [3.05, 3.63) is 47.8 Å². The zero-order valence-electron chi connectivity index (χ0n) is 18.5. The first-order valence-electron chi connectivity index (χ1n) is 12.2. The molecule has 1 aromatic heterocycles. The lowest BCUT2D eigenvalue weighted by Gasteiger charge is -2.49. The van der Waals surface area contributed by atoms with Gasteiger partial charge in [-0.1, -0.05) is 67.6 Å². The van der Waals surface area contributed by atoms with Gasteiger partial charge in [0.2, 0.25) is 5.91 Å². The summed E-state index contributed by atoms with van der Waals surface area (Å²) in [6.45, 7) is 3.49. The molecule has 1 aromatic carbocycles. The first-order valence-corrected chi connectivity index (χ1v) is 12.2. The van der Waals surface area contributed by atoms with Crippen LogP contribution in [0.2, 0.25) is 0 Å². The third-order valence-corrected chi connectivity index (χ3v) is 7.73. The number of amides is 1. The van der Waals surface area contributed by atoms with Crippen molar-refractivity contribution in [3.63, 3.8) is 0 Å². The van der Waals surface area contributed by atoms with Crippen molar-refractivity contribution in [1.82, 2.24) is 25.2 Å². The molecule has 6 rings (SSSR count). The van der Waals surface area contributed by atoms with E-state index in [1.54, 1.807) is 0 Å². The van der Waals surface area contributed by atoms with Crippen LogP contribution in [0.15, 0.2) is 36.5 Å². The minimum absolute atomic E-state index is 0.117. The average molecular weight is 422 g/mol. The highest BCUT2D eigenvalue weighted by atomic mass is 16.1. The summed E-state index contributed by atoms with van der Waals surface area (Å²) in [6.07, 6.45) is 12.3. The summed E-state index contributed by atoms with van der Waals surface area (Å²) in [5.41, 5.74) is 2.31. The summed E-state index contributed by atoms with van der Waals surface area (Å²) in [6, 6.07) is 10.6. The maximum absolute atomic E-state index is 12.9. The Labute approximate surface area is 185 Å². The predicted molar refractivity (Wildman–Crippen MR) is 120 cm³/mol. The van der Waals surface area contributed by atoms with Crippen molar-refractivity contribution in [2.75, 3.05) is 13.1 Å². The molecular formula is C25H35N5O. The van der Waals surface area contributed by atoms with E-state index in [0.717, 1.165) is 56.1 Å². The number of aromatic nitrogens is 3. The van der Waals surface area contributed by atoms with Gasteiger partial charge >= 0.3 is 0 Å². The van der Waals surface area contributed by atoms with Crippen molar-refractivity contribution in [3.8, 4) is 0 Å². The molecule has 1 amide bonds. The molecule has 6 heteroatoms. The fourth-order valence-electron chi connectivity index (χ4n) is 5.97. The van der Waals surface area contributed by atoms with Gasteiger partial charge in [0.05, 0.1) is 18.2 Å². The Morgan fingerprint density at radius 3 is 2.71 bits per heavy atom. The minimum atomic E-state index is 0.117. The van der Waals surface area contributed by atoms with Gasteiger partial charge in [0.1, 0.15) is 0 Å². The number of hydrogen-bond donors (Lipinski definition) is 1. The molecule has 3 saturated heterocycles. The lowest BCUT2D eigenvalue weighted by Crippen LogP contribution is -2.58. The second-order valence-electron chi connectivity index (χ2n) is 9.88. The zero-order valence-corrected chi connectivity index (χ0v) is 18.5. The number of rotatable bonds is 7. The molecule has 4 fully saturated rings. The third-order valence-electron chi connectivity index (χ3n) is 7.73. The van der Waals surface area contributed by atoms with E-state index in [1.165, 1.54) is 32.1 Å². The minimum Gasteiger partial charge on any atom is -0.352 e. The summed E-state index contributed by atoms with van der Waals surface area (Å²) < 4.78 is 2.05. The molecule has 4 heterocycles. The highest BCUT2D eigenvalue weighted by Crippen LogP contribution is 2.37. The van der Waals surface area contributed by atoms with E-state index < -0.39 is 0 Å². The molecule has 4 aliphatic rings. The van der Waals surface area contributed by atoms with Gasteiger partial charge < -0.3 is 5.32 Å². The molecule has 0 radical (unpaired) electrons. The SMILES string of the molecule is O=C(NCc1ccccc1)[C@H]1CN2CC[C@@H]1C[C@@H]2Cn1cc(CC2CCCCC2)nn1. The van der Waals surface area contributed by atoms with Crippen LogP contribution >= 0.6 is 0 Å². The van der Waals surface area contributed by atoms with Gasteiger partial charge in [-0.15, -0.1) is 5.10 Å². The van der Waals surface area contributed by atoms with Crippen LogP contribution in [-0.4, -0.2) is 44.9 Å². The summed E-state index contributed by atoms with van der Waals surface area (Å²) >= 11 is 0. The van der Waals surface area contributed by atoms with Gasteiger partial charge in [-0.05, 0) is 43.2 Å². The van der Waals surface area contributed by atoms with Gasteiger partial charge in [-0.3, -0.25) is 14.4 Å².